The van der Waals surface area contributed by atoms with E-state index in [9.17, 15) is 5.21 Å². The molecular formula is C16H14ClNO. The van der Waals surface area contributed by atoms with E-state index >= 15 is 0 Å². The van der Waals surface area contributed by atoms with Crippen molar-refractivity contribution in [3.8, 4) is 0 Å². The minimum Gasteiger partial charge on any atom is -0.624 e. The summed E-state index contributed by atoms with van der Waals surface area (Å²) in [5.41, 5.74) is 1.93. The number of halogens is 1. The first-order valence-electron chi connectivity index (χ1n) is 6.00. The van der Waals surface area contributed by atoms with Gasteiger partial charge in [0.2, 0.25) is 0 Å². The predicted octanol–water partition coefficient (Wildman–Crippen LogP) is 3.98. The van der Waals surface area contributed by atoms with E-state index < -0.39 is 0 Å². The van der Waals surface area contributed by atoms with Crippen LogP contribution in [-0.2, 0) is 0 Å². The van der Waals surface area contributed by atoms with Gasteiger partial charge in [-0.3, -0.25) is 0 Å². The summed E-state index contributed by atoms with van der Waals surface area (Å²) in [7, 11) is 0. The highest BCUT2D eigenvalue weighted by Crippen LogP contribution is 2.10. The Hall–Kier alpha value is -2.06. The van der Waals surface area contributed by atoms with Crippen molar-refractivity contribution < 1.29 is 4.74 Å². The highest BCUT2D eigenvalue weighted by molar-refractivity contribution is 6.30. The van der Waals surface area contributed by atoms with Crippen LogP contribution in [0.15, 0.2) is 60.7 Å². The van der Waals surface area contributed by atoms with Gasteiger partial charge in [0.1, 0.15) is 0 Å². The SMILES string of the molecule is [O-]/[N+](=C\c1ccccc1)C/C=C/c1ccc(Cl)cc1. The highest BCUT2D eigenvalue weighted by atomic mass is 35.5. The molecule has 3 heteroatoms. The molecule has 0 spiro atoms. The third-order valence-corrected chi connectivity index (χ3v) is 2.81. The lowest BCUT2D eigenvalue weighted by Crippen LogP contribution is -2.05. The molecule has 0 radical (unpaired) electrons. The molecule has 0 N–H and O–H groups in total. The summed E-state index contributed by atoms with van der Waals surface area (Å²) in [6.45, 7) is 0.317. The van der Waals surface area contributed by atoms with Crippen molar-refractivity contribution in [1.82, 2.24) is 0 Å². The van der Waals surface area contributed by atoms with Gasteiger partial charge in [-0.05, 0) is 35.9 Å². The van der Waals surface area contributed by atoms with Crippen molar-refractivity contribution in [2.75, 3.05) is 6.54 Å². The summed E-state index contributed by atoms with van der Waals surface area (Å²) in [5, 5.41) is 12.4. The molecule has 96 valence electrons. The molecule has 0 bridgehead atoms. The Morgan fingerprint density at radius 1 is 0.947 bits per heavy atom. The van der Waals surface area contributed by atoms with Crippen LogP contribution in [0.5, 0.6) is 0 Å². The van der Waals surface area contributed by atoms with Gasteiger partial charge in [0, 0.05) is 10.6 Å². The molecule has 0 saturated heterocycles. The van der Waals surface area contributed by atoms with E-state index in [1.165, 1.54) is 0 Å². The molecule has 0 fully saturated rings. The lowest BCUT2D eigenvalue weighted by molar-refractivity contribution is -0.440. The van der Waals surface area contributed by atoms with Gasteiger partial charge in [0.25, 0.3) is 0 Å². The van der Waals surface area contributed by atoms with Crippen LogP contribution >= 0.6 is 11.6 Å². The van der Waals surface area contributed by atoms with Crippen molar-refractivity contribution in [2.45, 2.75) is 0 Å². The predicted molar refractivity (Wildman–Crippen MR) is 80.6 cm³/mol. The Balaban J connectivity index is 1.95. The fourth-order valence-electron chi connectivity index (χ4n) is 1.62. The van der Waals surface area contributed by atoms with E-state index in [1.807, 2.05) is 66.7 Å². The molecule has 0 aliphatic carbocycles. The van der Waals surface area contributed by atoms with E-state index in [-0.39, 0.29) is 0 Å². The number of benzene rings is 2. The third-order valence-electron chi connectivity index (χ3n) is 2.56. The highest BCUT2D eigenvalue weighted by Gasteiger charge is 1.93. The molecule has 2 aromatic carbocycles. The summed E-state index contributed by atoms with van der Waals surface area (Å²) >= 11 is 5.80. The standard InChI is InChI=1S/C16H14ClNO/c17-16-10-8-14(9-11-16)7-4-12-18(19)13-15-5-2-1-3-6-15/h1-11,13H,12H2/b7-4+,18-13-. The molecule has 0 heterocycles. The third kappa shape index (κ3) is 4.60. The van der Waals surface area contributed by atoms with Crippen LogP contribution in [0.2, 0.25) is 5.02 Å². The summed E-state index contributed by atoms with van der Waals surface area (Å²) < 4.78 is 0.905. The van der Waals surface area contributed by atoms with Crippen LogP contribution in [-0.4, -0.2) is 17.5 Å². The van der Waals surface area contributed by atoms with E-state index in [0.717, 1.165) is 15.9 Å². The van der Waals surface area contributed by atoms with Crippen molar-refractivity contribution >= 4 is 23.9 Å². The minimum atomic E-state index is 0.317. The quantitative estimate of drug-likeness (QED) is 0.357. The molecule has 2 rings (SSSR count). The summed E-state index contributed by atoms with van der Waals surface area (Å²) in [5.74, 6) is 0. The molecule has 0 aliphatic heterocycles. The Kier molecular flexibility index (Phi) is 4.76. The molecular weight excluding hydrogens is 258 g/mol. The maximum atomic E-state index is 11.6. The van der Waals surface area contributed by atoms with Gasteiger partial charge in [0.05, 0.1) is 0 Å². The van der Waals surface area contributed by atoms with E-state index in [0.29, 0.717) is 11.6 Å². The van der Waals surface area contributed by atoms with Crippen LogP contribution in [0.1, 0.15) is 11.1 Å². The maximum Gasteiger partial charge on any atom is 0.182 e. The van der Waals surface area contributed by atoms with Crippen molar-refractivity contribution in [2.24, 2.45) is 0 Å². The Bertz CT molecular complexity index is 573. The lowest BCUT2D eigenvalue weighted by atomic mass is 10.2. The first kappa shape index (κ1) is 13.4. The second kappa shape index (κ2) is 6.76. The summed E-state index contributed by atoms with van der Waals surface area (Å²) in [6, 6.07) is 17.0. The first-order valence-corrected chi connectivity index (χ1v) is 6.37. The Labute approximate surface area is 117 Å². The smallest absolute Gasteiger partial charge is 0.182 e. The van der Waals surface area contributed by atoms with Gasteiger partial charge in [0.15, 0.2) is 12.8 Å². The van der Waals surface area contributed by atoms with Gasteiger partial charge in [-0.15, -0.1) is 0 Å². The van der Waals surface area contributed by atoms with Crippen LogP contribution < -0.4 is 0 Å². The average Bonchev–Trinajstić information content (AvgIpc) is 2.42. The molecule has 19 heavy (non-hydrogen) atoms. The Morgan fingerprint density at radius 2 is 1.63 bits per heavy atom. The van der Waals surface area contributed by atoms with Crippen molar-refractivity contribution in [3.63, 3.8) is 0 Å². The zero-order valence-corrected chi connectivity index (χ0v) is 11.1. The lowest BCUT2D eigenvalue weighted by Gasteiger charge is -2.00. The van der Waals surface area contributed by atoms with Crippen LogP contribution in [0.3, 0.4) is 0 Å². The van der Waals surface area contributed by atoms with Gasteiger partial charge in [-0.1, -0.05) is 48.0 Å². The second-order valence-corrected chi connectivity index (χ2v) is 4.53. The zero-order valence-electron chi connectivity index (χ0n) is 10.4. The molecule has 0 saturated carbocycles. The van der Waals surface area contributed by atoms with E-state index in [4.69, 9.17) is 11.6 Å². The van der Waals surface area contributed by atoms with Crippen molar-refractivity contribution in [3.05, 3.63) is 82.0 Å². The maximum absolute atomic E-state index is 11.6. The van der Waals surface area contributed by atoms with Gasteiger partial charge >= 0.3 is 0 Å². The summed E-state index contributed by atoms with van der Waals surface area (Å²) in [6.07, 6.45) is 5.31. The van der Waals surface area contributed by atoms with E-state index in [1.54, 1.807) is 6.21 Å². The number of hydrogen-bond donors (Lipinski definition) is 0. The topological polar surface area (TPSA) is 26.1 Å². The average molecular weight is 272 g/mol. The fourth-order valence-corrected chi connectivity index (χ4v) is 1.75. The van der Waals surface area contributed by atoms with Gasteiger partial charge < -0.3 is 5.21 Å². The van der Waals surface area contributed by atoms with Gasteiger partial charge in [-0.25, -0.2) is 4.74 Å². The fraction of sp³-hybridized carbons (Fsp3) is 0.0625. The molecule has 2 nitrogen and oxygen atoms in total. The number of rotatable bonds is 4. The van der Waals surface area contributed by atoms with Crippen molar-refractivity contribution in [1.29, 1.82) is 0 Å². The largest absolute Gasteiger partial charge is 0.624 e. The molecule has 0 unspecified atom stereocenters. The number of nitrogens with zero attached hydrogens (tertiary/aromatic N) is 1. The molecule has 0 aromatic heterocycles. The second-order valence-electron chi connectivity index (χ2n) is 4.09. The zero-order chi connectivity index (χ0) is 13.5. The van der Waals surface area contributed by atoms with Gasteiger partial charge in [-0.2, -0.15) is 0 Å². The molecule has 0 atom stereocenters. The first-order chi connectivity index (χ1) is 9.24. The van der Waals surface area contributed by atoms with Crippen LogP contribution in [0.4, 0.5) is 0 Å². The molecule has 2 aromatic rings. The number of hydrogen-bond acceptors (Lipinski definition) is 1. The normalized spacial score (nSPS) is 11.9. The minimum absolute atomic E-state index is 0.317. The van der Waals surface area contributed by atoms with E-state index in [2.05, 4.69) is 0 Å². The molecule has 0 amide bonds. The van der Waals surface area contributed by atoms with Crippen LogP contribution in [0.25, 0.3) is 6.08 Å². The summed E-state index contributed by atoms with van der Waals surface area (Å²) in [4.78, 5) is 0. The monoisotopic (exact) mass is 271 g/mol. The Morgan fingerprint density at radius 3 is 2.32 bits per heavy atom. The number of hydroxylamine groups is 1. The molecule has 0 aliphatic rings. The van der Waals surface area contributed by atoms with Crippen LogP contribution in [0, 0.1) is 5.21 Å².